The molecule has 0 aliphatic heterocycles. The highest BCUT2D eigenvalue weighted by molar-refractivity contribution is 7.07. The Morgan fingerprint density at radius 1 is 0.756 bits per heavy atom. The van der Waals surface area contributed by atoms with Crippen molar-refractivity contribution in [2.75, 3.05) is 13.7 Å². The van der Waals surface area contributed by atoms with E-state index in [1.54, 1.807) is 24.7 Å². The van der Waals surface area contributed by atoms with E-state index >= 15 is 0 Å². The molecule has 0 aliphatic rings. The van der Waals surface area contributed by atoms with Gasteiger partial charge >= 0.3 is 0 Å². The summed E-state index contributed by atoms with van der Waals surface area (Å²) in [6.07, 6.45) is 3.78. The van der Waals surface area contributed by atoms with Crippen LogP contribution in [-0.2, 0) is 11.3 Å². The Balaban J connectivity index is 1.37. The lowest BCUT2D eigenvalue weighted by atomic mass is 10.0. The van der Waals surface area contributed by atoms with E-state index in [-0.39, 0.29) is 0 Å². The molecule has 2 aromatic heterocycles. The number of methoxy groups -OCH3 is 1. The van der Waals surface area contributed by atoms with Gasteiger partial charge in [-0.2, -0.15) is 10.2 Å². The van der Waals surface area contributed by atoms with Crippen LogP contribution in [0.15, 0.2) is 137 Å². The summed E-state index contributed by atoms with van der Waals surface area (Å²) in [7, 11) is 1.71. The summed E-state index contributed by atoms with van der Waals surface area (Å²) < 4.78 is 9.41. The average molecular weight is 556 g/mol. The van der Waals surface area contributed by atoms with Crippen molar-refractivity contribution in [1.29, 1.82) is 0 Å². The molecule has 2 heterocycles. The second kappa shape index (κ2) is 12.6. The minimum atomic E-state index is 0.584. The van der Waals surface area contributed by atoms with Gasteiger partial charge in [0.25, 0.3) is 0 Å². The third-order valence-electron chi connectivity index (χ3n) is 6.76. The lowest BCUT2D eigenvalue weighted by Crippen LogP contribution is -2.18. The molecule has 6 rings (SSSR count). The maximum atomic E-state index is 5.37. The summed E-state index contributed by atoms with van der Waals surface area (Å²) in [4.78, 5) is 0.807. The molecule has 0 saturated heterocycles. The van der Waals surface area contributed by atoms with Gasteiger partial charge in [0, 0.05) is 36.4 Å². The standard InChI is InChI=1S/C34H29N5OS/c1-40-22-21-38-32(28-13-7-3-8-14-28)25-41-34(38)36-35-23-30-24-39(31-15-9-4-10-16-31)37-33(30)29-19-17-27(18-20-29)26-11-5-2-6-12-26/h2-20,23-25H,21-22H2,1H3/b35-23+,36-34+. The molecule has 0 saturated carbocycles. The molecular formula is C34H29N5OS. The number of aromatic nitrogens is 3. The number of nitrogens with zero attached hydrogens (tertiary/aromatic N) is 5. The van der Waals surface area contributed by atoms with Gasteiger partial charge in [0.05, 0.1) is 24.2 Å². The molecule has 202 valence electrons. The number of para-hydroxylation sites is 1. The summed E-state index contributed by atoms with van der Waals surface area (Å²) in [5.74, 6) is 0. The molecule has 7 heteroatoms. The minimum Gasteiger partial charge on any atom is -0.383 e. The van der Waals surface area contributed by atoms with E-state index in [4.69, 9.17) is 9.84 Å². The highest BCUT2D eigenvalue weighted by atomic mass is 32.1. The minimum absolute atomic E-state index is 0.584. The van der Waals surface area contributed by atoms with Crippen molar-refractivity contribution in [3.05, 3.63) is 137 Å². The quantitative estimate of drug-likeness (QED) is 0.139. The van der Waals surface area contributed by atoms with E-state index in [2.05, 4.69) is 80.8 Å². The molecule has 4 aromatic carbocycles. The smallest absolute Gasteiger partial charge is 0.211 e. The van der Waals surface area contributed by atoms with Crippen LogP contribution in [0, 0.1) is 0 Å². The van der Waals surface area contributed by atoms with Crippen LogP contribution in [0.2, 0.25) is 0 Å². The van der Waals surface area contributed by atoms with Crippen LogP contribution in [0.1, 0.15) is 5.56 Å². The first-order chi connectivity index (χ1) is 20.3. The van der Waals surface area contributed by atoms with Gasteiger partial charge in [-0.3, -0.25) is 0 Å². The van der Waals surface area contributed by atoms with Crippen LogP contribution in [-0.4, -0.2) is 34.3 Å². The predicted octanol–water partition coefficient (Wildman–Crippen LogP) is 7.32. The second-order valence-electron chi connectivity index (χ2n) is 9.42. The van der Waals surface area contributed by atoms with Gasteiger partial charge in [0.15, 0.2) is 0 Å². The summed E-state index contributed by atoms with van der Waals surface area (Å²) in [5.41, 5.74) is 8.29. The molecule has 0 radical (unpaired) electrons. The zero-order chi connectivity index (χ0) is 27.9. The number of thiazole rings is 1. The zero-order valence-corrected chi connectivity index (χ0v) is 23.5. The zero-order valence-electron chi connectivity index (χ0n) is 22.7. The van der Waals surface area contributed by atoms with Crippen LogP contribution >= 0.6 is 11.3 Å². The fourth-order valence-corrected chi connectivity index (χ4v) is 5.55. The molecule has 0 amide bonds. The molecular weight excluding hydrogens is 526 g/mol. The lowest BCUT2D eigenvalue weighted by Gasteiger charge is -2.07. The Bertz CT molecular complexity index is 1800. The summed E-state index contributed by atoms with van der Waals surface area (Å²) in [6.45, 7) is 1.27. The van der Waals surface area contributed by atoms with E-state index in [1.165, 1.54) is 5.56 Å². The summed E-state index contributed by atoms with van der Waals surface area (Å²) >= 11 is 1.56. The SMILES string of the molecule is COCCn1c(-c2ccccc2)cs/c1=N/N=C/c1cn(-c2ccccc2)nc1-c1ccc(-c2ccccc2)cc1. The third-order valence-corrected chi connectivity index (χ3v) is 7.61. The van der Waals surface area contributed by atoms with Gasteiger partial charge in [0.1, 0.15) is 5.69 Å². The Morgan fingerprint density at radius 3 is 2.05 bits per heavy atom. The topological polar surface area (TPSA) is 56.7 Å². The molecule has 0 fully saturated rings. The Morgan fingerprint density at radius 2 is 1.37 bits per heavy atom. The largest absolute Gasteiger partial charge is 0.383 e. The average Bonchev–Trinajstić information content (AvgIpc) is 3.66. The molecule has 0 bridgehead atoms. The van der Waals surface area contributed by atoms with Crippen LogP contribution in [0.5, 0.6) is 0 Å². The molecule has 6 aromatic rings. The van der Waals surface area contributed by atoms with Crippen molar-refractivity contribution in [3.63, 3.8) is 0 Å². The van der Waals surface area contributed by atoms with Crippen molar-refractivity contribution < 1.29 is 4.74 Å². The molecule has 0 unspecified atom stereocenters. The van der Waals surface area contributed by atoms with Crippen LogP contribution in [0.25, 0.3) is 39.3 Å². The van der Waals surface area contributed by atoms with Crippen molar-refractivity contribution in [2.45, 2.75) is 6.54 Å². The molecule has 0 spiro atoms. The highest BCUT2D eigenvalue weighted by Crippen LogP contribution is 2.27. The molecule has 6 nitrogen and oxygen atoms in total. The van der Waals surface area contributed by atoms with E-state index in [1.807, 2.05) is 65.5 Å². The fourth-order valence-electron chi connectivity index (χ4n) is 4.66. The Labute approximate surface area is 243 Å². The van der Waals surface area contributed by atoms with Crippen LogP contribution in [0.3, 0.4) is 0 Å². The first-order valence-electron chi connectivity index (χ1n) is 13.4. The first-order valence-corrected chi connectivity index (χ1v) is 14.3. The van der Waals surface area contributed by atoms with Crippen LogP contribution < -0.4 is 4.80 Å². The summed E-state index contributed by atoms with van der Waals surface area (Å²) in [6, 6.07) is 39.3. The van der Waals surface area contributed by atoms with Gasteiger partial charge in [0.2, 0.25) is 4.80 Å². The van der Waals surface area contributed by atoms with Gasteiger partial charge in [-0.15, -0.1) is 16.4 Å². The maximum absolute atomic E-state index is 5.37. The number of ether oxygens (including phenoxy) is 1. The molecule has 0 N–H and O–H groups in total. The van der Waals surface area contributed by atoms with Crippen molar-refractivity contribution >= 4 is 17.6 Å². The number of hydrogen-bond donors (Lipinski definition) is 0. The van der Waals surface area contributed by atoms with Crippen LogP contribution in [0.4, 0.5) is 0 Å². The Kier molecular flexibility index (Phi) is 8.07. The maximum Gasteiger partial charge on any atom is 0.211 e. The Hall–Kier alpha value is -4.85. The van der Waals surface area contributed by atoms with E-state index in [0.717, 1.165) is 44.1 Å². The van der Waals surface area contributed by atoms with E-state index in [9.17, 15) is 0 Å². The predicted molar refractivity (Wildman–Crippen MR) is 167 cm³/mol. The van der Waals surface area contributed by atoms with Crippen molar-refractivity contribution in [3.8, 4) is 39.3 Å². The summed E-state index contributed by atoms with van der Waals surface area (Å²) in [5, 5.41) is 16.2. The third kappa shape index (κ3) is 6.01. The van der Waals surface area contributed by atoms with E-state index in [0.29, 0.717) is 13.2 Å². The molecule has 0 aliphatic carbocycles. The van der Waals surface area contributed by atoms with Gasteiger partial charge in [-0.05, 0) is 28.8 Å². The van der Waals surface area contributed by atoms with E-state index < -0.39 is 0 Å². The van der Waals surface area contributed by atoms with Crippen molar-refractivity contribution in [1.82, 2.24) is 14.3 Å². The normalized spacial score (nSPS) is 11.9. The lowest BCUT2D eigenvalue weighted by molar-refractivity contribution is 0.187. The van der Waals surface area contributed by atoms with Gasteiger partial charge in [-0.1, -0.05) is 103 Å². The first kappa shape index (κ1) is 26.4. The molecule has 0 atom stereocenters. The highest BCUT2D eigenvalue weighted by Gasteiger charge is 2.12. The number of rotatable bonds is 9. The second-order valence-corrected chi connectivity index (χ2v) is 10.3. The number of hydrogen-bond acceptors (Lipinski definition) is 5. The van der Waals surface area contributed by atoms with Crippen molar-refractivity contribution in [2.24, 2.45) is 10.2 Å². The van der Waals surface area contributed by atoms with Gasteiger partial charge < -0.3 is 9.30 Å². The van der Waals surface area contributed by atoms with Gasteiger partial charge in [-0.25, -0.2) is 4.68 Å². The fraction of sp³-hybridized carbons (Fsp3) is 0.0882. The number of benzene rings is 4. The monoisotopic (exact) mass is 555 g/mol. The molecule has 41 heavy (non-hydrogen) atoms.